The summed E-state index contributed by atoms with van der Waals surface area (Å²) in [6, 6.07) is 19.7. The molecule has 28 heavy (non-hydrogen) atoms. The number of hydrogen-bond donors (Lipinski definition) is 0. The first-order valence-electron chi connectivity index (χ1n) is 9.57. The summed E-state index contributed by atoms with van der Waals surface area (Å²) in [4.78, 5) is 17.1. The van der Waals surface area contributed by atoms with E-state index in [1.165, 1.54) is 5.56 Å². The molecule has 1 amide bonds. The number of amides is 1. The van der Waals surface area contributed by atoms with Crippen LogP contribution in [0.5, 0.6) is 5.75 Å². The van der Waals surface area contributed by atoms with Gasteiger partial charge in [0.05, 0.1) is 0 Å². The minimum absolute atomic E-state index is 0.102. The molecule has 144 valence electrons. The van der Waals surface area contributed by atoms with Gasteiger partial charge >= 0.3 is 0 Å². The zero-order chi connectivity index (χ0) is 19.2. The Morgan fingerprint density at radius 2 is 1.64 bits per heavy atom. The monoisotopic (exact) mass is 392 g/mol. The third-order valence-corrected chi connectivity index (χ3v) is 5.73. The first-order valence-corrected chi connectivity index (χ1v) is 10.5. The van der Waals surface area contributed by atoms with Crippen LogP contribution in [0.1, 0.15) is 21.5 Å². The molecule has 2 heterocycles. The van der Waals surface area contributed by atoms with E-state index in [9.17, 15) is 4.79 Å². The highest BCUT2D eigenvalue weighted by atomic mass is 32.1. The van der Waals surface area contributed by atoms with Gasteiger partial charge in [-0.3, -0.25) is 9.69 Å². The molecule has 1 aliphatic rings. The standard InChI is InChI=1S/C23H24N2O2S/c26-23(25-13-11-24(12-14-25)16-20-10-15-28-18-20)21-6-8-22(9-7-21)27-17-19-4-2-1-3-5-19/h1-10,15,18H,11-14,16-17H2. The smallest absolute Gasteiger partial charge is 0.253 e. The fourth-order valence-electron chi connectivity index (χ4n) is 3.37. The second-order valence-corrected chi connectivity index (χ2v) is 7.78. The van der Waals surface area contributed by atoms with Crippen molar-refractivity contribution < 1.29 is 9.53 Å². The minimum atomic E-state index is 0.102. The Kier molecular flexibility index (Phi) is 6.04. The number of carbonyl (C=O) groups is 1. The van der Waals surface area contributed by atoms with Crippen molar-refractivity contribution in [2.75, 3.05) is 26.2 Å². The molecule has 1 aromatic heterocycles. The lowest BCUT2D eigenvalue weighted by atomic mass is 10.1. The van der Waals surface area contributed by atoms with Gasteiger partial charge in [-0.25, -0.2) is 0 Å². The molecule has 0 N–H and O–H groups in total. The van der Waals surface area contributed by atoms with E-state index in [4.69, 9.17) is 4.74 Å². The van der Waals surface area contributed by atoms with E-state index in [1.807, 2.05) is 59.5 Å². The van der Waals surface area contributed by atoms with Crippen LogP contribution in [0.15, 0.2) is 71.4 Å². The summed E-state index contributed by atoms with van der Waals surface area (Å²) >= 11 is 1.73. The molecule has 3 aromatic rings. The van der Waals surface area contributed by atoms with Gasteiger partial charge in [0.15, 0.2) is 0 Å². The van der Waals surface area contributed by atoms with Crippen LogP contribution in [0, 0.1) is 0 Å². The lowest BCUT2D eigenvalue weighted by molar-refractivity contribution is 0.0628. The Balaban J connectivity index is 1.28. The van der Waals surface area contributed by atoms with Gasteiger partial charge in [-0.1, -0.05) is 30.3 Å². The summed E-state index contributed by atoms with van der Waals surface area (Å²) in [5, 5.41) is 4.31. The summed E-state index contributed by atoms with van der Waals surface area (Å²) in [6.07, 6.45) is 0. The lowest BCUT2D eigenvalue weighted by Gasteiger charge is -2.34. The second-order valence-electron chi connectivity index (χ2n) is 7.00. The molecule has 0 unspecified atom stereocenters. The highest BCUT2D eigenvalue weighted by Gasteiger charge is 2.22. The number of thiophene rings is 1. The lowest BCUT2D eigenvalue weighted by Crippen LogP contribution is -2.48. The summed E-state index contributed by atoms with van der Waals surface area (Å²) in [7, 11) is 0. The number of rotatable bonds is 6. The Bertz CT molecular complexity index is 871. The van der Waals surface area contributed by atoms with E-state index in [1.54, 1.807) is 11.3 Å². The number of piperazine rings is 1. The second kappa shape index (κ2) is 9.04. The van der Waals surface area contributed by atoms with Gasteiger partial charge in [0.2, 0.25) is 0 Å². The minimum Gasteiger partial charge on any atom is -0.489 e. The van der Waals surface area contributed by atoms with E-state index in [0.717, 1.165) is 49.6 Å². The molecule has 1 saturated heterocycles. The maximum atomic E-state index is 12.8. The topological polar surface area (TPSA) is 32.8 Å². The van der Waals surface area contributed by atoms with Gasteiger partial charge in [0.1, 0.15) is 12.4 Å². The van der Waals surface area contributed by atoms with Crippen LogP contribution in [0.25, 0.3) is 0 Å². The van der Waals surface area contributed by atoms with Crippen LogP contribution in [-0.2, 0) is 13.2 Å². The molecule has 4 nitrogen and oxygen atoms in total. The van der Waals surface area contributed by atoms with Gasteiger partial charge in [0.25, 0.3) is 5.91 Å². The van der Waals surface area contributed by atoms with Crippen molar-refractivity contribution in [3.63, 3.8) is 0 Å². The van der Waals surface area contributed by atoms with Crippen molar-refractivity contribution in [3.05, 3.63) is 88.1 Å². The van der Waals surface area contributed by atoms with Crippen molar-refractivity contribution >= 4 is 17.2 Å². The average Bonchev–Trinajstić information content (AvgIpc) is 3.26. The molecule has 1 aliphatic heterocycles. The molecule has 0 atom stereocenters. The number of ether oxygens (including phenoxy) is 1. The Labute approximate surface area is 170 Å². The first-order chi connectivity index (χ1) is 13.8. The van der Waals surface area contributed by atoms with E-state index < -0.39 is 0 Å². The molecule has 0 aliphatic carbocycles. The number of hydrogen-bond acceptors (Lipinski definition) is 4. The summed E-state index contributed by atoms with van der Waals surface area (Å²) in [5.41, 5.74) is 3.21. The zero-order valence-electron chi connectivity index (χ0n) is 15.8. The van der Waals surface area contributed by atoms with Crippen LogP contribution in [0.2, 0.25) is 0 Å². The average molecular weight is 393 g/mol. The van der Waals surface area contributed by atoms with Crippen molar-refractivity contribution in [2.24, 2.45) is 0 Å². The van der Waals surface area contributed by atoms with Gasteiger partial charge in [-0.05, 0) is 52.2 Å². The normalized spacial score (nSPS) is 14.8. The van der Waals surface area contributed by atoms with Crippen LogP contribution in [-0.4, -0.2) is 41.9 Å². The highest BCUT2D eigenvalue weighted by Crippen LogP contribution is 2.17. The Morgan fingerprint density at radius 3 is 2.32 bits per heavy atom. The number of benzene rings is 2. The highest BCUT2D eigenvalue weighted by molar-refractivity contribution is 7.07. The predicted molar refractivity (Wildman–Crippen MR) is 113 cm³/mol. The van der Waals surface area contributed by atoms with Crippen molar-refractivity contribution in [1.82, 2.24) is 9.80 Å². The van der Waals surface area contributed by atoms with Crippen molar-refractivity contribution in [2.45, 2.75) is 13.2 Å². The molecule has 0 bridgehead atoms. The maximum Gasteiger partial charge on any atom is 0.253 e. The van der Waals surface area contributed by atoms with Gasteiger partial charge in [0, 0.05) is 38.3 Å². The number of nitrogens with zero attached hydrogens (tertiary/aromatic N) is 2. The van der Waals surface area contributed by atoms with Crippen molar-refractivity contribution in [3.8, 4) is 5.75 Å². The van der Waals surface area contributed by atoms with E-state index in [2.05, 4.69) is 21.7 Å². The molecule has 0 radical (unpaired) electrons. The fraction of sp³-hybridized carbons (Fsp3) is 0.261. The Morgan fingerprint density at radius 1 is 0.893 bits per heavy atom. The summed E-state index contributed by atoms with van der Waals surface area (Å²) in [5.74, 6) is 0.880. The van der Waals surface area contributed by atoms with E-state index >= 15 is 0 Å². The van der Waals surface area contributed by atoms with Gasteiger partial charge < -0.3 is 9.64 Å². The molecule has 5 heteroatoms. The first kappa shape index (κ1) is 18.7. The molecule has 4 rings (SSSR count). The Hall–Kier alpha value is -2.63. The van der Waals surface area contributed by atoms with Crippen LogP contribution in [0.3, 0.4) is 0 Å². The van der Waals surface area contributed by atoms with E-state index in [0.29, 0.717) is 6.61 Å². The SMILES string of the molecule is O=C(c1ccc(OCc2ccccc2)cc1)N1CCN(Cc2ccsc2)CC1. The summed E-state index contributed by atoms with van der Waals surface area (Å²) in [6.45, 7) is 4.88. The summed E-state index contributed by atoms with van der Waals surface area (Å²) < 4.78 is 5.81. The van der Waals surface area contributed by atoms with E-state index in [-0.39, 0.29) is 5.91 Å². The molecule has 1 fully saturated rings. The zero-order valence-corrected chi connectivity index (χ0v) is 16.6. The predicted octanol–water partition coefficient (Wildman–Crippen LogP) is 4.29. The molecule has 0 saturated carbocycles. The fourth-order valence-corrected chi connectivity index (χ4v) is 4.03. The molecule has 0 spiro atoms. The third kappa shape index (κ3) is 4.80. The molecular formula is C23H24N2O2S. The molecular weight excluding hydrogens is 368 g/mol. The van der Waals surface area contributed by atoms with Gasteiger partial charge in [-0.15, -0.1) is 0 Å². The van der Waals surface area contributed by atoms with Gasteiger partial charge in [-0.2, -0.15) is 11.3 Å². The quantitative estimate of drug-likeness (QED) is 0.628. The molecule has 2 aromatic carbocycles. The van der Waals surface area contributed by atoms with Crippen LogP contribution < -0.4 is 4.74 Å². The van der Waals surface area contributed by atoms with Crippen LogP contribution >= 0.6 is 11.3 Å². The maximum absolute atomic E-state index is 12.8. The number of carbonyl (C=O) groups excluding carboxylic acids is 1. The van der Waals surface area contributed by atoms with Crippen molar-refractivity contribution in [1.29, 1.82) is 0 Å². The third-order valence-electron chi connectivity index (χ3n) is 5.00. The largest absolute Gasteiger partial charge is 0.489 e. The van der Waals surface area contributed by atoms with Crippen LogP contribution in [0.4, 0.5) is 0 Å².